The monoisotopic (exact) mass is 362 g/mol. The van der Waals surface area contributed by atoms with Crippen molar-refractivity contribution in [3.8, 4) is 11.5 Å². The van der Waals surface area contributed by atoms with Crippen LogP contribution in [0.4, 0.5) is 0 Å². The predicted octanol–water partition coefficient (Wildman–Crippen LogP) is 3.81. The predicted molar refractivity (Wildman–Crippen MR) is 104 cm³/mol. The summed E-state index contributed by atoms with van der Waals surface area (Å²) in [4.78, 5) is 18.6. The lowest BCUT2D eigenvalue weighted by atomic mass is 10.1. The maximum atomic E-state index is 12.8. The van der Waals surface area contributed by atoms with E-state index in [2.05, 4.69) is 4.98 Å². The van der Waals surface area contributed by atoms with E-state index in [-0.39, 0.29) is 5.91 Å². The van der Waals surface area contributed by atoms with Crippen molar-refractivity contribution in [3.05, 3.63) is 90.3 Å². The summed E-state index contributed by atoms with van der Waals surface area (Å²) in [5.74, 6) is 1.25. The van der Waals surface area contributed by atoms with Gasteiger partial charge in [-0.15, -0.1) is 0 Å². The van der Waals surface area contributed by atoms with Crippen LogP contribution in [0.15, 0.2) is 79.1 Å². The fraction of sp³-hybridized carbons (Fsp3) is 0.182. The molecular weight excluding hydrogens is 340 g/mol. The fourth-order valence-electron chi connectivity index (χ4n) is 2.64. The topological polar surface area (TPSA) is 51.7 Å². The molecule has 0 aliphatic heterocycles. The van der Waals surface area contributed by atoms with Gasteiger partial charge in [0.15, 0.2) is 0 Å². The van der Waals surface area contributed by atoms with Crippen molar-refractivity contribution < 1.29 is 14.3 Å². The van der Waals surface area contributed by atoms with Gasteiger partial charge in [0, 0.05) is 26.0 Å². The smallest absolute Gasteiger partial charge is 0.257 e. The van der Waals surface area contributed by atoms with Crippen molar-refractivity contribution in [3.63, 3.8) is 0 Å². The van der Waals surface area contributed by atoms with Gasteiger partial charge in [-0.2, -0.15) is 0 Å². The summed E-state index contributed by atoms with van der Waals surface area (Å²) in [6.07, 6.45) is 3.47. The number of hydrogen-bond donors (Lipinski definition) is 0. The number of hydrogen-bond acceptors (Lipinski definition) is 4. The van der Waals surface area contributed by atoms with E-state index in [4.69, 9.17) is 9.47 Å². The lowest BCUT2D eigenvalue weighted by molar-refractivity contribution is 0.0779. The van der Waals surface area contributed by atoms with Crippen LogP contribution in [0.1, 0.15) is 15.9 Å². The minimum atomic E-state index is -0.0987. The molecule has 0 saturated carbocycles. The number of para-hydroxylation sites is 2. The Morgan fingerprint density at radius 3 is 2.44 bits per heavy atom. The first-order valence-corrected chi connectivity index (χ1v) is 8.78. The lowest BCUT2D eigenvalue weighted by Crippen LogP contribution is -2.27. The average Bonchev–Trinajstić information content (AvgIpc) is 2.72. The zero-order chi connectivity index (χ0) is 18.9. The van der Waals surface area contributed by atoms with Gasteiger partial charge in [0.05, 0.1) is 5.56 Å². The van der Waals surface area contributed by atoms with E-state index in [1.54, 1.807) is 36.5 Å². The van der Waals surface area contributed by atoms with E-state index in [0.29, 0.717) is 31.1 Å². The van der Waals surface area contributed by atoms with Crippen molar-refractivity contribution in [2.75, 3.05) is 20.3 Å². The minimum absolute atomic E-state index is 0.0987. The van der Waals surface area contributed by atoms with E-state index in [1.165, 1.54) is 0 Å². The molecular formula is C22H22N2O3. The highest BCUT2D eigenvalue weighted by Gasteiger charge is 2.16. The standard InChI is InChI=1S/C22H22N2O3/c1-24(17-18-8-7-13-23-16-18)22(25)20-11-5-6-12-21(20)27-15-14-26-19-9-3-2-4-10-19/h2-13,16H,14-15,17H2,1H3. The summed E-state index contributed by atoms with van der Waals surface area (Å²) in [7, 11) is 1.77. The molecule has 3 aromatic rings. The summed E-state index contributed by atoms with van der Waals surface area (Å²) in [5, 5.41) is 0. The van der Waals surface area contributed by atoms with Crippen LogP contribution in [0.2, 0.25) is 0 Å². The lowest BCUT2D eigenvalue weighted by Gasteiger charge is -2.19. The number of carbonyl (C=O) groups is 1. The molecule has 0 aliphatic rings. The third kappa shape index (κ3) is 5.31. The minimum Gasteiger partial charge on any atom is -0.490 e. The first-order chi connectivity index (χ1) is 13.2. The third-order valence-electron chi connectivity index (χ3n) is 3.96. The maximum absolute atomic E-state index is 12.8. The summed E-state index contributed by atoms with van der Waals surface area (Å²) in [5.41, 5.74) is 1.51. The second-order valence-electron chi connectivity index (χ2n) is 6.03. The maximum Gasteiger partial charge on any atom is 0.257 e. The number of aromatic nitrogens is 1. The van der Waals surface area contributed by atoms with Crippen LogP contribution in [0.3, 0.4) is 0 Å². The Labute approximate surface area is 159 Å². The summed E-state index contributed by atoms with van der Waals surface area (Å²) >= 11 is 0. The SMILES string of the molecule is CN(Cc1cccnc1)C(=O)c1ccccc1OCCOc1ccccc1. The van der Waals surface area contributed by atoms with Gasteiger partial charge in [0.25, 0.3) is 5.91 Å². The van der Waals surface area contributed by atoms with E-state index in [0.717, 1.165) is 11.3 Å². The summed E-state index contributed by atoms with van der Waals surface area (Å²) < 4.78 is 11.4. The van der Waals surface area contributed by atoms with Crippen LogP contribution in [0, 0.1) is 0 Å². The molecule has 2 aromatic carbocycles. The summed E-state index contributed by atoms with van der Waals surface area (Å²) in [6, 6.07) is 20.6. The van der Waals surface area contributed by atoms with Gasteiger partial charge < -0.3 is 14.4 Å². The van der Waals surface area contributed by atoms with Crippen molar-refractivity contribution in [1.29, 1.82) is 0 Å². The van der Waals surface area contributed by atoms with Crippen molar-refractivity contribution in [1.82, 2.24) is 9.88 Å². The molecule has 0 spiro atoms. The number of pyridine rings is 1. The molecule has 0 bridgehead atoms. The number of ether oxygens (including phenoxy) is 2. The highest BCUT2D eigenvalue weighted by molar-refractivity contribution is 5.96. The quantitative estimate of drug-likeness (QED) is 0.572. The number of amides is 1. The third-order valence-corrected chi connectivity index (χ3v) is 3.96. The average molecular weight is 362 g/mol. The van der Waals surface area contributed by atoms with Crippen molar-refractivity contribution in [2.24, 2.45) is 0 Å². The van der Waals surface area contributed by atoms with Crippen LogP contribution in [0.5, 0.6) is 11.5 Å². The molecule has 27 heavy (non-hydrogen) atoms. The molecule has 0 fully saturated rings. The molecule has 0 N–H and O–H groups in total. The first kappa shape index (κ1) is 18.5. The second kappa shape index (κ2) is 9.38. The molecule has 5 nitrogen and oxygen atoms in total. The van der Waals surface area contributed by atoms with E-state index < -0.39 is 0 Å². The van der Waals surface area contributed by atoms with Crippen LogP contribution in [-0.2, 0) is 6.54 Å². The largest absolute Gasteiger partial charge is 0.490 e. The Kier molecular flexibility index (Phi) is 6.41. The molecule has 1 amide bonds. The molecule has 0 unspecified atom stereocenters. The second-order valence-corrected chi connectivity index (χ2v) is 6.03. The molecule has 0 saturated heterocycles. The molecule has 3 rings (SSSR count). The van der Waals surface area contributed by atoms with E-state index in [1.807, 2.05) is 54.6 Å². The Hall–Kier alpha value is -3.34. The molecule has 5 heteroatoms. The van der Waals surface area contributed by atoms with Crippen LogP contribution >= 0.6 is 0 Å². The molecule has 1 heterocycles. The molecule has 0 aliphatic carbocycles. The van der Waals surface area contributed by atoms with E-state index in [9.17, 15) is 4.79 Å². The van der Waals surface area contributed by atoms with Crippen LogP contribution in [-0.4, -0.2) is 36.1 Å². The van der Waals surface area contributed by atoms with Gasteiger partial charge in [0.1, 0.15) is 24.7 Å². The summed E-state index contributed by atoms with van der Waals surface area (Å²) in [6.45, 7) is 1.24. The number of nitrogens with zero attached hydrogens (tertiary/aromatic N) is 2. The molecule has 138 valence electrons. The number of rotatable bonds is 8. The Bertz CT molecular complexity index is 854. The van der Waals surface area contributed by atoms with E-state index >= 15 is 0 Å². The highest BCUT2D eigenvalue weighted by atomic mass is 16.5. The molecule has 0 radical (unpaired) electrons. The number of carbonyl (C=O) groups excluding carboxylic acids is 1. The van der Waals surface area contributed by atoms with Crippen molar-refractivity contribution >= 4 is 5.91 Å². The van der Waals surface area contributed by atoms with Gasteiger partial charge in [-0.05, 0) is 35.9 Å². The highest BCUT2D eigenvalue weighted by Crippen LogP contribution is 2.20. The van der Waals surface area contributed by atoms with Gasteiger partial charge in [-0.1, -0.05) is 36.4 Å². The van der Waals surface area contributed by atoms with Gasteiger partial charge >= 0.3 is 0 Å². The number of benzene rings is 2. The fourth-order valence-corrected chi connectivity index (χ4v) is 2.64. The van der Waals surface area contributed by atoms with Crippen LogP contribution < -0.4 is 9.47 Å². The Morgan fingerprint density at radius 1 is 0.926 bits per heavy atom. The first-order valence-electron chi connectivity index (χ1n) is 8.78. The van der Waals surface area contributed by atoms with Gasteiger partial charge in [-0.3, -0.25) is 9.78 Å². The molecule has 1 aromatic heterocycles. The normalized spacial score (nSPS) is 10.3. The van der Waals surface area contributed by atoms with Crippen LogP contribution in [0.25, 0.3) is 0 Å². The Morgan fingerprint density at radius 2 is 1.67 bits per heavy atom. The molecule has 0 atom stereocenters. The zero-order valence-corrected chi connectivity index (χ0v) is 15.2. The Balaban J connectivity index is 1.58. The van der Waals surface area contributed by atoms with Gasteiger partial charge in [0.2, 0.25) is 0 Å². The van der Waals surface area contributed by atoms with Gasteiger partial charge in [-0.25, -0.2) is 0 Å². The van der Waals surface area contributed by atoms with Crippen molar-refractivity contribution in [2.45, 2.75) is 6.54 Å². The zero-order valence-electron chi connectivity index (χ0n) is 15.2.